The first-order valence-electron chi connectivity index (χ1n) is 6.83. The fraction of sp³-hybridized carbons (Fsp3) is 0.467. The van der Waals surface area contributed by atoms with Crippen LogP contribution >= 0.6 is 0 Å². The SMILES string of the molecule is CCCc1nc2c(C(=O)O)cccc2n1C(C)CC. The van der Waals surface area contributed by atoms with Gasteiger partial charge in [0.2, 0.25) is 0 Å². The Kier molecular flexibility index (Phi) is 3.88. The van der Waals surface area contributed by atoms with Gasteiger partial charge in [-0.2, -0.15) is 0 Å². The van der Waals surface area contributed by atoms with Crippen molar-refractivity contribution in [1.29, 1.82) is 0 Å². The van der Waals surface area contributed by atoms with Crippen molar-refractivity contribution < 1.29 is 9.90 Å². The molecular weight excluding hydrogens is 240 g/mol. The van der Waals surface area contributed by atoms with Crippen molar-refractivity contribution in [3.63, 3.8) is 0 Å². The lowest BCUT2D eigenvalue weighted by Crippen LogP contribution is -2.08. The number of imidazole rings is 1. The van der Waals surface area contributed by atoms with Crippen LogP contribution < -0.4 is 0 Å². The molecule has 0 saturated heterocycles. The van der Waals surface area contributed by atoms with Crippen LogP contribution in [-0.4, -0.2) is 20.6 Å². The second-order valence-corrected chi connectivity index (χ2v) is 4.88. The van der Waals surface area contributed by atoms with Gasteiger partial charge in [-0.1, -0.05) is 19.9 Å². The number of hydrogen-bond donors (Lipinski definition) is 1. The molecule has 4 heteroatoms. The largest absolute Gasteiger partial charge is 0.478 e. The highest BCUT2D eigenvalue weighted by atomic mass is 16.4. The third-order valence-corrected chi connectivity index (χ3v) is 3.53. The van der Waals surface area contributed by atoms with Crippen LogP contribution in [0.25, 0.3) is 11.0 Å². The summed E-state index contributed by atoms with van der Waals surface area (Å²) in [5.41, 5.74) is 1.83. The van der Waals surface area contributed by atoms with E-state index in [0.29, 0.717) is 11.6 Å². The summed E-state index contributed by atoms with van der Waals surface area (Å²) in [6.45, 7) is 6.39. The molecule has 19 heavy (non-hydrogen) atoms. The Bertz CT molecular complexity index is 601. The first-order valence-corrected chi connectivity index (χ1v) is 6.83. The molecule has 0 aliphatic rings. The quantitative estimate of drug-likeness (QED) is 0.892. The van der Waals surface area contributed by atoms with Crippen molar-refractivity contribution in [2.45, 2.75) is 46.1 Å². The van der Waals surface area contributed by atoms with Crippen molar-refractivity contribution in [3.05, 3.63) is 29.6 Å². The number of aromatic nitrogens is 2. The Labute approximate surface area is 113 Å². The zero-order valence-electron chi connectivity index (χ0n) is 11.7. The van der Waals surface area contributed by atoms with Crippen molar-refractivity contribution in [2.75, 3.05) is 0 Å². The van der Waals surface area contributed by atoms with Crippen molar-refractivity contribution >= 4 is 17.0 Å². The molecule has 0 bridgehead atoms. The van der Waals surface area contributed by atoms with Crippen LogP contribution in [0.1, 0.15) is 55.8 Å². The average molecular weight is 260 g/mol. The lowest BCUT2D eigenvalue weighted by molar-refractivity contribution is 0.0699. The summed E-state index contributed by atoms with van der Waals surface area (Å²) in [7, 11) is 0. The number of para-hydroxylation sites is 1. The smallest absolute Gasteiger partial charge is 0.337 e. The minimum absolute atomic E-state index is 0.289. The molecule has 2 aromatic rings. The van der Waals surface area contributed by atoms with E-state index in [-0.39, 0.29) is 5.56 Å². The lowest BCUT2D eigenvalue weighted by Gasteiger charge is -2.15. The molecule has 0 saturated carbocycles. The number of carboxylic acid groups (broad SMARTS) is 1. The van der Waals surface area contributed by atoms with Gasteiger partial charge < -0.3 is 9.67 Å². The summed E-state index contributed by atoms with van der Waals surface area (Å²) in [6, 6.07) is 5.70. The number of nitrogens with zero attached hydrogens (tertiary/aromatic N) is 2. The number of hydrogen-bond acceptors (Lipinski definition) is 2. The molecule has 1 heterocycles. The van der Waals surface area contributed by atoms with Crippen molar-refractivity contribution in [2.24, 2.45) is 0 Å². The van der Waals surface area contributed by atoms with Crippen LogP contribution in [0.15, 0.2) is 18.2 Å². The maximum atomic E-state index is 11.3. The Morgan fingerprint density at radius 3 is 2.74 bits per heavy atom. The Balaban J connectivity index is 2.72. The fourth-order valence-electron chi connectivity index (χ4n) is 2.41. The van der Waals surface area contributed by atoms with Gasteiger partial charge in [0.1, 0.15) is 11.3 Å². The Hall–Kier alpha value is -1.84. The molecule has 0 radical (unpaired) electrons. The molecule has 1 unspecified atom stereocenters. The maximum absolute atomic E-state index is 11.3. The normalized spacial score (nSPS) is 12.8. The van der Waals surface area contributed by atoms with E-state index < -0.39 is 5.97 Å². The van der Waals surface area contributed by atoms with Gasteiger partial charge in [0, 0.05) is 12.5 Å². The molecule has 102 valence electrons. The zero-order chi connectivity index (χ0) is 14.0. The van der Waals surface area contributed by atoms with Gasteiger partial charge in [-0.25, -0.2) is 9.78 Å². The first kappa shape index (κ1) is 13.6. The molecule has 1 atom stereocenters. The number of carboxylic acids is 1. The van der Waals surface area contributed by atoms with Crippen LogP contribution in [0, 0.1) is 0 Å². The van der Waals surface area contributed by atoms with E-state index in [0.717, 1.165) is 30.6 Å². The number of benzene rings is 1. The molecule has 0 aliphatic heterocycles. The molecule has 0 aliphatic carbocycles. The summed E-state index contributed by atoms with van der Waals surface area (Å²) >= 11 is 0. The van der Waals surface area contributed by atoms with Gasteiger partial charge in [-0.3, -0.25) is 0 Å². The van der Waals surface area contributed by atoms with Gasteiger partial charge in [-0.05, 0) is 31.9 Å². The second kappa shape index (κ2) is 5.43. The summed E-state index contributed by atoms with van der Waals surface area (Å²) in [5.74, 6) is 0.0722. The zero-order valence-corrected chi connectivity index (χ0v) is 11.7. The topological polar surface area (TPSA) is 55.1 Å². The minimum Gasteiger partial charge on any atom is -0.478 e. The molecule has 1 aromatic carbocycles. The maximum Gasteiger partial charge on any atom is 0.337 e. The number of fused-ring (bicyclic) bond motifs is 1. The van der Waals surface area contributed by atoms with Crippen molar-refractivity contribution in [1.82, 2.24) is 9.55 Å². The highest BCUT2D eigenvalue weighted by Gasteiger charge is 2.18. The fourth-order valence-corrected chi connectivity index (χ4v) is 2.41. The van der Waals surface area contributed by atoms with Crippen LogP contribution in [0.2, 0.25) is 0 Å². The Morgan fingerprint density at radius 2 is 2.16 bits per heavy atom. The molecular formula is C15H20N2O2. The van der Waals surface area contributed by atoms with Gasteiger partial charge in [0.05, 0.1) is 11.1 Å². The summed E-state index contributed by atoms with van der Waals surface area (Å²) in [4.78, 5) is 15.9. The van der Waals surface area contributed by atoms with E-state index in [2.05, 4.69) is 30.3 Å². The number of aryl methyl sites for hydroxylation is 1. The van der Waals surface area contributed by atoms with Gasteiger partial charge >= 0.3 is 5.97 Å². The van der Waals surface area contributed by atoms with Crippen LogP contribution in [0.5, 0.6) is 0 Å². The van der Waals surface area contributed by atoms with E-state index in [1.165, 1.54) is 0 Å². The van der Waals surface area contributed by atoms with Crippen molar-refractivity contribution in [3.8, 4) is 0 Å². The minimum atomic E-state index is -0.914. The van der Waals surface area contributed by atoms with E-state index in [1.807, 2.05) is 6.07 Å². The number of rotatable bonds is 5. The number of carbonyl (C=O) groups is 1. The van der Waals surface area contributed by atoms with Crippen LogP contribution in [0.4, 0.5) is 0 Å². The van der Waals surface area contributed by atoms with Gasteiger partial charge in [0.15, 0.2) is 0 Å². The van der Waals surface area contributed by atoms with E-state index in [1.54, 1.807) is 12.1 Å². The molecule has 2 rings (SSSR count). The summed E-state index contributed by atoms with van der Waals surface area (Å²) in [6.07, 6.45) is 2.87. The van der Waals surface area contributed by atoms with Gasteiger partial charge in [0.25, 0.3) is 0 Å². The highest BCUT2D eigenvalue weighted by molar-refractivity contribution is 6.01. The van der Waals surface area contributed by atoms with E-state index >= 15 is 0 Å². The monoisotopic (exact) mass is 260 g/mol. The predicted molar refractivity (Wildman–Crippen MR) is 75.7 cm³/mol. The summed E-state index contributed by atoms with van der Waals surface area (Å²) in [5, 5.41) is 9.26. The van der Waals surface area contributed by atoms with Crippen LogP contribution in [0.3, 0.4) is 0 Å². The third-order valence-electron chi connectivity index (χ3n) is 3.53. The predicted octanol–water partition coefficient (Wildman–Crippen LogP) is 3.66. The van der Waals surface area contributed by atoms with E-state index in [4.69, 9.17) is 0 Å². The third kappa shape index (κ3) is 2.35. The first-order chi connectivity index (χ1) is 9.10. The molecule has 0 fully saturated rings. The van der Waals surface area contributed by atoms with Gasteiger partial charge in [-0.15, -0.1) is 0 Å². The molecule has 0 amide bonds. The molecule has 4 nitrogen and oxygen atoms in total. The summed E-state index contributed by atoms with van der Waals surface area (Å²) < 4.78 is 2.19. The standard InChI is InChI=1S/C15H20N2O2/c1-4-7-13-16-14-11(15(18)19)8-6-9-12(14)17(13)10(3)5-2/h6,8-10H,4-5,7H2,1-3H3,(H,18,19). The molecule has 0 spiro atoms. The van der Waals surface area contributed by atoms with Crippen LogP contribution in [-0.2, 0) is 6.42 Å². The van der Waals surface area contributed by atoms with E-state index in [9.17, 15) is 9.90 Å². The highest BCUT2D eigenvalue weighted by Crippen LogP contribution is 2.26. The second-order valence-electron chi connectivity index (χ2n) is 4.88. The molecule has 1 aromatic heterocycles. The Morgan fingerprint density at radius 1 is 1.42 bits per heavy atom. The molecule has 1 N–H and O–H groups in total. The lowest BCUT2D eigenvalue weighted by atomic mass is 10.1. The number of aromatic carboxylic acids is 1. The average Bonchev–Trinajstić information content (AvgIpc) is 2.75.